The molecule has 8 heteroatoms. The average molecular weight is 423 g/mol. The van der Waals surface area contributed by atoms with E-state index in [4.69, 9.17) is 35.4 Å². The molecule has 1 heterocycles. The Morgan fingerprint density at radius 2 is 1.93 bits per heavy atom. The molecule has 0 atom stereocenters. The lowest BCUT2D eigenvalue weighted by atomic mass is 10.2. The maximum Gasteiger partial charge on any atom is 0.175 e. The molecule has 0 saturated heterocycles. The van der Waals surface area contributed by atoms with Gasteiger partial charge in [-0.2, -0.15) is 5.10 Å². The molecular formula is C19H17Cl2FN4S. The number of nitrogens with zero attached hydrogens (tertiary/aromatic N) is 2. The highest BCUT2D eigenvalue weighted by molar-refractivity contribution is 7.80. The zero-order valence-corrected chi connectivity index (χ0v) is 17.0. The Kier molecular flexibility index (Phi) is 5.99. The van der Waals surface area contributed by atoms with Gasteiger partial charge in [-0.3, -0.25) is 4.68 Å². The van der Waals surface area contributed by atoms with Crippen LogP contribution in [-0.4, -0.2) is 14.9 Å². The average Bonchev–Trinajstić information content (AvgIpc) is 2.86. The largest absolute Gasteiger partial charge is 0.331 e. The van der Waals surface area contributed by atoms with Crippen LogP contribution in [0.4, 0.5) is 15.8 Å². The Labute approximate surface area is 172 Å². The van der Waals surface area contributed by atoms with Gasteiger partial charge < -0.3 is 10.6 Å². The van der Waals surface area contributed by atoms with E-state index >= 15 is 0 Å². The van der Waals surface area contributed by atoms with Gasteiger partial charge in [0.1, 0.15) is 5.82 Å². The predicted molar refractivity (Wildman–Crippen MR) is 114 cm³/mol. The van der Waals surface area contributed by atoms with Gasteiger partial charge in [-0.25, -0.2) is 4.39 Å². The SMILES string of the molecule is Cc1nn(Cc2cccc(F)c2)c(C)c1NC(=S)Nc1cc(Cl)ccc1Cl. The van der Waals surface area contributed by atoms with Crippen molar-refractivity contribution in [2.75, 3.05) is 10.6 Å². The number of nitrogens with one attached hydrogen (secondary N) is 2. The second-order valence-electron chi connectivity index (χ2n) is 6.04. The van der Waals surface area contributed by atoms with Gasteiger partial charge in [0.15, 0.2) is 5.11 Å². The Bertz CT molecular complexity index is 1000. The first-order valence-electron chi connectivity index (χ1n) is 8.15. The summed E-state index contributed by atoms with van der Waals surface area (Å²) in [5, 5.41) is 12.2. The lowest BCUT2D eigenvalue weighted by molar-refractivity contribution is 0.616. The van der Waals surface area contributed by atoms with E-state index in [0.717, 1.165) is 22.6 Å². The fourth-order valence-corrected chi connectivity index (χ4v) is 3.25. The molecule has 0 bridgehead atoms. The summed E-state index contributed by atoms with van der Waals surface area (Å²) in [6.07, 6.45) is 0. The van der Waals surface area contributed by atoms with Crippen LogP contribution in [0.25, 0.3) is 0 Å². The number of aryl methyl sites for hydroxylation is 1. The smallest absolute Gasteiger partial charge is 0.175 e. The van der Waals surface area contributed by atoms with Gasteiger partial charge in [-0.1, -0.05) is 35.3 Å². The van der Waals surface area contributed by atoms with E-state index in [-0.39, 0.29) is 5.82 Å². The second kappa shape index (κ2) is 8.25. The van der Waals surface area contributed by atoms with Crippen LogP contribution in [0.3, 0.4) is 0 Å². The van der Waals surface area contributed by atoms with E-state index in [1.165, 1.54) is 12.1 Å². The van der Waals surface area contributed by atoms with E-state index < -0.39 is 0 Å². The summed E-state index contributed by atoms with van der Waals surface area (Å²) in [5.41, 5.74) is 3.91. The number of aromatic nitrogens is 2. The summed E-state index contributed by atoms with van der Waals surface area (Å²) < 4.78 is 15.2. The van der Waals surface area contributed by atoms with Crippen LogP contribution >= 0.6 is 35.4 Å². The molecule has 1 aromatic heterocycles. The van der Waals surface area contributed by atoms with Crippen LogP contribution in [0.5, 0.6) is 0 Å². The number of benzene rings is 2. The number of hydrogen-bond acceptors (Lipinski definition) is 2. The summed E-state index contributed by atoms with van der Waals surface area (Å²) >= 11 is 17.5. The first-order valence-corrected chi connectivity index (χ1v) is 9.31. The molecule has 0 spiro atoms. The van der Waals surface area contributed by atoms with Gasteiger partial charge in [0, 0.05) is 5.02 Å². The minimum Gasteiger partial charge on any atom is -0.331 e. The molecule has 3 aromatic rings. The summed E-state index contributed by atoms with van der Waals surface area (Å²) in [7, 11) is 0. The zero-order valence-electron chi connectivity index (χ0n) is 14.7. The third-order valence-electron chi connectivity index (χ3n) is 4.02. The Morgan fingerprint density at radius 1 is 1.15 bits per heavy atom. The highest BCUT2D eigenvalue weighted by atomic mass is 35.5. The fourth-order valence-electron chi connectivity index (χ4n) is 2.70. The van der Waals surface area contributed by atoms with Gasteiger partial charge in [-0.05, 0) is 62.0 Å². The van der Waals surface area contributed by atoms with Crippen molar-refractivity contribution in [3.63, 3.8) is 0 Å². The Morgan fingerprint density at radius 3 is 2.67 bits per heavy atom. The van der Waals surface area contributed by atoms with Gasteiger partial charge in [-0.15, -0.1) is 0 Å². The number of anilines is 2. The molecule has 140 valence electrons. The van der Waals surface area contributed by atoms with E-state index in [2.05, 4.69) is 15.7 Å². The second-order valence-corrected chi connectivity index (χ2v) is 7.29. The molecule has 0 unspecified atom stereocenters. The standard InChI is InChI=1S/C19H17Cl2FN4S/c1-11-18(24-19(27)23-17-9-14(20)6-7-16(17)21)12(2)26(25-11)10-13-4-3-5-15(22)8-13/h3-9H,10H2,1-2H3,(H2,23,24,27). The molecule has 0 radical (unpaired) electrons. The highest BCUT2D eigenvalue weighted by Gasteiger charge is 2.14. The van der Waals surface area contributed by atoms with E-state index in [9.17, 15) is 4.39 Å². The van der Waals surface area contributed by atoms with E-state index in [0.29, 0.717) is 27.4 Å². The van der Waals surface area contributed by atoms with Crippen LogP contribution < -0.4 is 10.6 Å². The summed E-state index contributed by atoms with van der Waals surface area (Å²) in [6, 6.07) is 11.6. The summed E-state index contributed by atoms with van der Waals surface area (Å²) in [6.45, 7) is 4.27. The van der Waals surface area contributed by atoms with Gasteiger partial charge in [0.25, 0.3) is 0 Å². The van der Waals surface area contributed by atoms with Gasteiger partial charge in [0.05, 0.1) is 34.3 Å². The van der Waals surface area contributed by atoms with Crippen molar-refractivity contribution in [1.82, 2.24) is 9.78 Å². The van der Waals surface area contributed by atoms with Gasteiger partial charge in [0.2, 0.25) is 0 Å². The molecule has 0 aliphatic rings. The number of rotatable bonds is 4. The monoisotopic (exact) mass is 422 g/mol. The van der Waals surface area contributed by atoms with Crippen molar-refractivity contribution in [3.05, 3.63) is 75.3 Å². The molecule has 0 saturated carbocycles. The maximum atomic E-state index is 13.4. The topological polar surface area (TPSA) is 41.9 Å². The normalized spacial score (nSPS) is 10.7. The molecule has 27 heavy (non-hydrogen) atoms. The molecule has 3 rings (SSSR count). The summed E-state index contributed by atoms with van der Waals surface area (Å²) in [4.78, 5) is 0. The van der Waals surface area contributed by atoms with Crippen LogP contribution in [0.15, 0.2) is 42.5 Å². The lowest BCUT2D eigenvalue weighted by Gasteiger charge is -2.12. The summed E-state index contributed by atoms with van der Waals surface area (Å²) in [5.74, 6) is -0.267. The predicted octanol–water partition coefficient (Wildman–Crippen LogP) is 5.80. The van der Waals surface area contributed by atoms with E-state index in [1.54, 1.807) is 28.9 Å². The molecule has 0 amide bonds. The number of hydrogen-bond donors (Lipinski definition) is 2. The molecule has 4 nitrogen and oxygen atoms in total. The quantitative estimate of drug-likeness (QED) is 0.521. The number of halogens is 3. The first kappa shape index (κ1) is 19.6. The van der Waals surface area contributed by atoms with Crippen molar-refractivity contribution in [1.29, 1.82) is 0 Å². The molecule has 0 fully saturated rings. The molecule has 0 aliphatic heterocycles. The molecular weight excluding hydrogens is 406 g/mol. The van der Waals surface area contributed by atoms with Crippen LogP contribution in [0.1, 0.15) is 17.0 Å². The number of thiocarbonyl (C=S) groups is 1. The Balaban J connectivity index is 1.76. The van der Waals surface area contributed by atoms with Crippen LogP contribution in [-0.2, 0) is 6.54 Å². The third kappa shape index (κ3) is 4.77. The first-order chi connectivity index (χ1) is 12.8. The molecule has 2 N–H and O–H groups in total. The van der Waals surface area contributed by atoms with Crippen molar-refractivity contribution < 1.29 is 4.39 Å². The molecule has 0 aliphatic carbocycles. The van der Waals surface area contributed by atoms with Crippen molar-refractivity contribution in [2.24, 2.45) is 0 Å². The van der Waals surface area contributed by atoms with Crippen LogP contribution in [0.2, 0.25) is 10.0 Å². The van der Waals surface area contributed by atoms with Gasteiger partial charge >= 0.3 is 0 Å². The minimum absolute atomic E-state index is 0.267. The van der Waals surface area contributed by atoms with Crippen molar-refractivity contribution in [2.45, 2.75) is 20.4 Å². The minimum atomic E-state index is -0.267. The highest BCUT2D eigenvalue weighted by Crippen LogP contribution is 2.26. The van der Waals surface area contributed by atoms with Crippen molar-refractivity contribution in [3.8, 4) is 0 Å². The third-order valence-corrected chi connectivity index (χ3v) is 4.79. The zero-order chi connectivity index (χ0) is 19.6. The Hall–Kier alpha value is -2.15. The van der Waals surface area contributed by atoms with Crippen molar-refractivity contribution >= 4 is 51.9 Å². The lowest BCUT2D eigenvalue weighted by Crippen LogP contribution is -2.20. The van der Waals surface area contributed by atoms with E-state index in [1.807, 2.05) is 19.9 Å². The van der Waals surface area contributed by atoms with Crippen LogP contribution in [0, 0.1) is 19.7 Å². The maximum absolute atomic E-state index is 13.4. The fraction of sp³-hybridized carbons (Fsp3) is 0.158. The molecule has 2 aromatic carbocycles.